The third kappa shape index (κ3) is 48.0. The van der Waals surface area contributed by atoms with Crippen LogP contribution in [0.3, 0.4) is 0 Å². The van der Waals surface area contributed by atoms with Gasteiger partial charge in [0.05, 0.1) is 38.6 Å². The van der Waals surface area contributed by atoms with E-state index in [1.807, 2.05) is 6.08 Å². The van der Waals surface area contributed by atoms with Crippen LogP contribution in [0.15, 0.2) is 24.3 Å². The van der Waals surface area contributed by atoms with Gasteiger partial charge in [0.15, 0.2) is 18.9 Å². The highest BCUT2D eigenvalue weighted by Crippen LogP contribution is 2.34. The molecule has 12 N–H and O–H groups in total. The maximum absolute atomic E-state index is 13.5. The first-order chi connectivity index (χ1) is 52.8. The second-order valence-corrected chi connectivity index (χ2v) is 32.8. The summed E-state index contributed by atoms with van der Waals surface area (Å²) in [6.07, 6.45) is 60.7. The molecule has 0 aromatic rings. The van der Waals surface area contributed by atoms with Gasteiger partial charge in [-0.2, -0.15) is 0 Å². The van der Waals surface area contributed by atoms with Crippen LogP contribution in [-0.2, 0) is 33.2 Å². The van der Waals surface area contributed by atoms with Crippen LogP contribution >= 0.6 is 0 Å². The van der Waals surface area contributed by atoms with Crippen molar-refractivity contribution in [3.05, 3.63) is 24.3 Å². The zero-order valence-corrected chi connectivity index (χ0v) is 68.9. The van der Waals surface area contributed by atoms with Crippen LogP contribution in [0.5, 0.6) is 0 Å². The highest BCUT2D eigenvalue weighted by Gasteiger charge is 2.54. The quantitative estimate of drug-likeness (QED) is 0.0199. The van der Waals surface area contributed by atoms with Crippen molar-refractivity contribution < 1.29 is 89.4 Å². The van der Waals surface area contributed by atoms with Crippen molar-refractivity contribution in [2.75, 3.05) is 26.4 Å². The molecule has 19 heteroatoms. The number of allylic oxidation sites excluding steroid dienone is 3. The average Bonchev–Trinajstić information content (AvgIpc) is 0.779. The zero-order valence-electron chi connectivity index (χ0n) is 68.9. The number of hydrogen-bond donors (Lipinski definition) is 12. The van der Waals surface area contributed by atoms with Crippen LogP contribution in [0, 0.1) is 0 Å². The largest absolute Gasteiger partial charge is 0.394 e. The Bertz CT molecular complexity index is 2040. The number of carbonyl (C=O) groups excluding carboxylic acids is 1. The fraction of sp³-hybridized carbons (Fsp3) is 0.944. The number of carbonyl (C=O) groups is 1. The smallest absolute Gasteiger partial charge is 0.220 e. The lowest BCUT2D eigenvalue weighted by molar-refractivity contribution is -0.379. The third-order valence-electron chi connectivity index (χ3n) is 23.0. The molecule has 3 aliphatic heterocycles. The van der Waals surface area contributed by atoms with Gasteiger partial charge in [-0.1, -0.05) is 391 Å². The predicted molar refractivity (Wildman–Crippen MR) is 434 cm³/mol. The lowest BCUT2D eigenvalue weighted by Crippen LogP contribution is -2.66. The van der Waals surface area contributed by atoms with Gasteiger partial charge in [0.2, 0.25) is 5.91 Å². The van der Waals surface area contributed by atoms with Crippen LogP contribution in [0.4, 0.5) is 0 Å². The Morgan fingerprint density at radius 2 is 0.593 bits per heavy atom. The first-order valence-corrected chi connectivity index (χ1v) is 45.6. The molecule has 1 amide bonds. The summed E-state index contributed by atoms with van der Waals surface area (Å²) < 4.78 is 34.5. The van der Waals surface area contributed by atoms with E-state index in [2.05, 4.69) is 31.3 Å². The summed E-state index contributed by atoms with van der Waals surface area (Å²) in [7, 11) is 0. The summed E-state index contributed by atoms with van der Waals surface area (Å²) >= 11 is 0. The summed E-state index contributed by atoms with van der Waals surface area (Å²) in [6.45, 7) is 1.79. The van der Waals surface area contributed by atoms with Gasteiger partial charge in [0.25, 0.3) is 0 Å². The Labute approximate surface area is 658 Å². The molecule has 0 saturated carbocycles. The molecule has 19 nitrogen and oxygen atoms in total. The molecule has 0 bridgehead atoms. The van der Waals surface area contributed by atoms with E-state index in [0.717, 1.165) is 38.5 Å². The van der Waals surface area contributed by atoms with Crippen LogP contribution in [0.1, 0.15) is 406 Å². The van der Waals surface area contributed by atoms with E-state index in [4.69, 9.17) is 28.4 Å². The summed E-state index contributed by atoms with van der Waals surface area (Å²) in [4.78, 5) is 13.5. The monoisotopic (exact) mass is 1540 g/mol. The normalized spacial score (nSPS) is 25.4. The zero-order chi connectivity index (χ0) is 78.1. The van der Waals surface area contributed by atoms with Gasteiger partial charge in [0, 0.05) is 6.42 Å². The van der Waals surface area contributed by atoms with Gasteiger partial charge in [-0.05, 0) is 32.1 Å². The first-order valence-electron chi connectivity index (χ1n) is 45.6. The molecule has 638 valence electrons. The molecule has 108 heavy (non-hydrogen) atoms. The van der Waals surface area contributed by atoms with E-state index >= 15 is 0 Å². The van der Waals surface area contributed by atoms with Crippen molar-refractivity contribution in [3.63, 3.8) is 0 Å². The number of amides is 1. The third-order valence-corrected chi connectivity index (χ3v) is 23.0. The number of rotatable bonds is 75. The Hall–Kier alpha value is -1.73. The van der Waals surface area contributed by atoms with Gasteiger partial charge < -0.3 is 89.9 Å². The molecule has 17 atom stereocenters. The molecule has 0 aromatic carbocycles. The van der Waals surface area contributed by atoms with E-state index in [0.29, 0.717) is 12.8 Å². The molecular weight excluding hydrogens is 1370 g/mol. The van der Waals surface area contributed by atoms with Crippen molar-refractivity contribution in [2.45, 2.75) is 510 Å². The fourth-order valence-corrected chi connectivity index (χ4v) is 15.7. The molecule has 3 fully saturated rings. The highest BCUT2D eigenvalue weighted by atomic mass is 16.8. The number of aliphatic hydroxyl groups is 11. The van der Waals surface area contributed by atoms with E-state index < -0.39 is 124 Å². The molecular formula is C89H169NO18. The molecule has 17 unspecified atom stereocenters. The molecule has 3 heterocycles. The molecule has 0 spiro atoms. The lowest BCUT2D eigenvalue weighted by Gasteiger charge is -2.48. The minimum atomic E-state index is -1.98. The Morgan fingerprint density at radius 3 is 0.926 bits per heavy atom. The molecule has 3 saturated heterocycles. The Morgan fingerprint density at radius 1 is 0.324 bits per heavy atom. The SMILES string of the molecule is CCCCCCCCCCCCCCCCCCCC/C=C/CC/C=C/C(O)C(COC1OC(CO)C(OC2OC(CO)C(OC3OC(CO)C(O)C(O)C3O)C(O)C2O)C(O)C1O)NC(=O)CCCCCCCCCCCCCCCCCCCCCCCCCCCCCCCCCCCCCCCCC. The lowest BCUT2D eigenvalue weighted by atomic mass is 9.96. The summed E-state index contributed by atoms with van der Waals surface area (Å²) in [5.74, 6) is -0.276. The Balaban J connectivity index is 1.30. The van der Waals surface area contributed by atoms with Crippen LogP contribution in [0.2, 0.25) is 0 Å². The standard InChI is InChI=1S/C89H169NO18/c1-3-5-7-9-11-13-15-17-19-21-23-25-27-29-30-31-32-33-34-35-36-37-38-39-40-41-42-43-45-47-49-51-53-55-57-59-61-63-65-67-77(95)90-72(73(94)66-64-62-60-58-56-54-52-50-48-46-44-28-26-24-22-20-18-16-14-12-10-8-6-4-2)71-103-87-83(101)80(98)85(75(69-92)105-87)108-89-84(102)81(99)86(76(70-93)106-89)107-88-82(100)79(97)78(96)74(68-91)104-88/h56,58,64,66,72-76,78-89,91-94,96-102H,3-55,57,59-63,65,67-71H2,1-2H3,(H,90,95)/b58-56+,66-64+. The number of ether oxygens (including phenoxy) is 6. The van der Waals surface area contributed by atoms with Crippen LogP contribution < -0.4 is 5.32 Å². The number of hydrogen-bond acceptors (Lipinski definition) is 18. The van der Waals surface area contributed by atoms with E-state index in [1.165, 1.54) is 334 Å². The van der Waals surface area contributed by atoms with E-state index in [-0.39, 0.29) is 18.9 Å². The van der Waals surface area contributed by atoms with Crippen molar-refractivity contribution in [1.82, 2.24) is 5.32 Å². The van der Waals surface area contributed by atoms with Crippen molar-refractivity contribution in [3.8, 4) is 0 Å². The molecule has 0 aromatic heterocycles. The second kappa shape index (κ2) is 69.6. The predicted octanol–water partition coefficient (Wildman–Crippen LogP) is 17.2. The second-order valence-electron chi connectivity index (χ2n) is 32.8. The summed E-state index contributed by atoms with van der Waals surface area (Å²) in [5, 5.41) is 121. The summed E-state index contributed by atoms with van der Waals surface area (Å²) in [5.41, 5.74) is 0. The molecule has 0 aliphatic carbocycles. The van der Waals surface area contributed by atoms with Crippen molar-refractivity contribution in [2.24, 2.45) is 0 Å². The van der Waals surface area contributed by atoms with Crippen LogP contribution in [-0.4, -0.2) is 193 Å². The van der Waals surface area contributed by atoms with Gasteiger partial charge in [-0.15, -0.1) is 0 Å². The molecule has 3 rings (SSSR count). The topological polar surface area (TPSA) is 307 Å². The van der Waals surface area contributed by atoms with E-state index in [1.54, 1.807) is 6.08 Å². The molecule has 0 radical (unpaired) electrons. The van der Waals surface area contributed by atoms with Gasteiger partial charge in [-0.25, -0.2) is 0 Å². The highest BCUT2D eigenvalue weighted by molar-refractivity contribution is 5.76. The minimum absolute atomic E-state index is 0.241. The van der Waals surface area contributed by atoms with Gasteiger partial charge in [0.1, 0.15) is 73.2 Å². The number of aliphatic hydroxyl groups excluding tert-OH is 11. The van der Waals surface area contributed by atoms with Crippen LogP contribution in [0.25, 0.3) is 0 Å². The van der Waals surface area contributed by atoms with E-state index in [9.17, 15) is 61.0 Å². The molecule has 3 aliphatic rings. The minimum Gasteiger partial charge on any atom is -0.394 e. The van der Waals surface area contributed by atoms with Gasteiger partial charge in [-0.3, -0.25) is 4.79 Å². The maximum atomic E-state index is 13.5. The fourth-order valence-electron chi connectivity index (χ4n) is 15.7. The number of nitrogens with one attached hydrogen (secondary N) is 1. The maximum Gasteiger partial charge on any atom is 0.220 e. The number of unbranched alkanes of at least 4 members (excludes halogenated alkanes) is 57. The Kier molecular flexibility index (Phi) is 64.7. The first kappa shape index (κ1) is 100. The average molecular weight is 1540 g/mol. The van der Waals surface area contributed by atoms with Crippen molar-refractivity contribution in [1.29, 1.82) is 0 Å². The summed E-state index contributed by atoms with van der Waals surface area (Å²) in [6, 6.07) is -0.989. The van der Waals surface area contributed by atoms with Gasteiger partial charge >= 0.3 is 0 Å². The van der Waals surface area contributed by atoms with Crippen molar-refractivity contribution >= 4 is 5.91 Å².